The number of hydrogen-bond donors (Lipinski definition) is 1. The van der Waals surface area contributed by atoms with Crippen molar-refractivity contribution in [2.24, 2.45) is 7.05 Å². The maximum Gasteiger partial charge on any atom is 0.257 e. The summed E-state index contributed by atoms with van der Waals surface area (Å²) in [6.07, 6.45) is 5.22. The van der Waals surface area contributed by atoms with Gasteiger partial charge in [0, 0.05) is 36.7 Å². The molecule has 1 aliphatic rings. The predicted molar refractivity (Wildman–Crippen MR) is 108 cm³/mol. The first-order valence-corrected chi connectivity index (χ1v) is 9.96. The highest BCUT2D eigenvalue weighted by atomic mass is 16.5. The Hall–Kier alpha value is -2.76. The van der Waals surface area contributed by atoms with Crippen molar-refractivity contribution in [3.05, 3.63) is 46.5 Å². The van der Waals surface area contributed by atoms with E-state index in [0.717, 1.165) is 47.4 Å². The normalized spacial score (nSPS) is 13.5. The van der Waals surface area contributed by atoms with E-state index in [9.17, 15) is 4.79 Å². The zero-order valence-electron chi connectivity index (χ0n) is 16.8. The molecule has 1 N–H and O–H groups in total. The summed E-state index contributed by atoms with van der Waals surface area (Å²) in [6, 6.07) is 5.81. The third-order valence-corrected chi connectivity index (χ3v) is 5.65. The van der Waals surface area contributed by atoms with Crippen molar-refractivity contribution in [3.8, 4) is 5.75 Å². The maximum atomic E-state index is 12.2. The topological polar surface area (TPSA) is 69.3 Å². The molecule has 3 aromatic rings. The molecular formula is C22H27N3O3. The summed E-state index contributed by atoms with van der Waals surface area (Å²) in [5.41, 5.74) is 5.56. The fourth-order valence-corrected chi connectivity index (χ4v) is 4.04. The van der Waals surface area contributed by atoms with Gasteiger partial charge in [0.05, 0.1) is 5.69 Å². The molecule has 0 atom stereocenters. The molecule has 0 fully saturated rings. The van der Waals surface area contributed by atoms with Gasteiger partial charge in [-0.25, -0.2) is 0 Å². The van der Waals surface area contributed by atoms with Crippen molar-refractivity contribution >= 4 is 16.9 Å². The number of hydrogen-bond acceptors (Lipinski definition) is 4. The van der Waals surface area contributed by atoms with Crippen LogP contribution in [0.5, 0.6) is 5.75 Å². The SMILES string of the molecule is Cc1nn(C)c(C)c1CCNC(=O)COc1ccc2oc3c(c2c1)CCCC3. The van der Waals surface area contributed by atoms with Crippen LogP contribution in [0.3, 0.4) is 0 Å². The van der Waals surface area contributed by atoms with Gasteiger partial charge < -0.3 is 14.5 Å². The van der Waals surface area contributed by atoms with Crippen LogP contribution >= 0.6 is 0 Å². The first kappa shape index (κ1) is 18.6. The first-order chi connectivity index (χ1) is 13.5. The molecule has 0 radical (unpaired) electrons. The van der Waals surface area contributed by atoms with Crippen molar-refractivity contribution in [2.45, 2.75) is 46.0 Å². The molecule has 0 saturated carbocycles. The number of amides is 1. The van der Waals surface area contributed by atoms with E-state index in [1.807, 2.05) is 43.8 Å². The Balaban J connectivity index is 1.32. The van der Waals surface area contributed by atoms with Crippen LogP contribution in [-0.4, -0.2) is 28.8 Å². The summed E-state index contributed by atoms with van der Waals surface area (Å²) in [5.74, 6) is 1.70. The van der Waals surface area contributed by atoms with E-state index in [2.05, 4.69) is 10.4 Å². The van der Waals surface area contributed by atoms with Crippen LogP contribution in [0, 0.1) is 13.8 Å². The number of nitrogens with zero attached hydrogens (tertiary/aromatic N) is 2. The van der Waals surface area contributed by atoms with Gasteiger partial charge in [0.1, 0.15) is 17.1 Å². The number of aromatic nitrogens is 2. The highest BCUT2D eigenvalue weighted by Gasteiger charge is 2.18. The molecule has 1 aliphatic carbocycles. The molecule has 1 aromatic carbocycles. The number of aryl methyl sites for hydroxylation is 4. The van der Waals surface area contributed by atoms with E-state index in [4.69, 9.17) is 9.15 Å². The fourth-order valence-electron chi connectivity index (χ4n) is 4.04. The Bertz CT molecular complexity index is 1020. The van der Waals surface area contributed by atoms with Gasteiger partial charge in [-0.05, 0) is 63.3 Å². The highest BCUT2D eigenvalue weighted by Crippen LogP contribution is 2.33. The van der Waals surface area contributed by atoms with Crippen LogP contribution in [-0.2, 0) is 31.1 Å². The maximum absolute atomic E-state index is 12.2. The molecule has 148 valence electrons. The molecule has 0 spiro atoms. The lowest BCUT2D eigenvalue weighted by molar-refractivity contribution is -0.123. The molecule has 0 bridgehead atoms. The Morgan fingerprint density at radius 3 is 2.89 bits per heavy atom. The van der Waals surface area contributed by atoms with E-state index in [0.29, 0.717) is 12.3 Å². The van der Waals surface area contributed by atoms with E-state index < -0.39 is 0 Å². The molecule has 28 heavy (non-hydrogen) atoms. The third kappa shape index (κ3) is 3.63. The second kappa shape index (κ2) is 7.70. The Morgan fingerprint density at radius 2 is 2.11 bits per heavy atom. The standard InChI is InChI=1S/C22H27N3O3/c1-14-17(15(2)25(3)24-14)10-11-23-22(26)13-27-16-8-9-21-19(12-16)18-6-4-5-7-20(18)28-21/h8-9,12H,4-7,10-11,13H2,1-3H3,(H,23,26). The highest BCUT2D eigenvalue weighted by molar-refractivity contribution is 5.84. The number of nitrogens with one attached hydrogen (secondary N) is 1. The molecule has 0 aliphatic heterocycles. The Labute approximate surface area is 164 Å². The van der Waals surface area contributed by atoms with Crippen molar-refractivity contribution in [1.82, 2.24) is 15.1 Å². The largest absolute Gasteiger partial charge is 0.484 e. The average molecular weight is 381 g/mol. The Kier molecular flexibility index (Phi) is 5.11. The zero-order chi connectivity index (χ0) is 19.7. The predicted octanol–water partition coefficient (Wildman–Crippen LogP) is 3.40. The van der Waals surface area contributed by atoms with Gasteiger partial charge in [0.15, 0.2) is 6.61 Å². The van der Waals surface area contributed by atoms with Gasteiger partial charge in [-0.15, -0.1) is 0 Å². The van der Waals surface area contributed by atoms with E-state index in [-0.39, 0.29) is 12.5 Å². The van der Waals surface area contributed by atoms with Crippen LogP contribution in [0.1, 0.15) is 41.1 Å². The Morgan fingerprint density at radius 1 is 1.29 bits per heavy atom. The molecular weight excluding hydrogens is 354 g/mol. The number of benzene rings is 1. The number of furan rings is 1. The summed E-state index contributed by atoms with van der Waals surface area (Å²) < 4.78 is 13.5. The second-order valence-electron chi connectivity index (χ2n) is 7.53. The van der Waals surface area contributed by atoms with Gasteiger partial charge in [0.25, 0.3) is 5.91 Å². The minimum atomic E-state index is -0.117. The quantitative estimate of drug-likeness (QED) is 0.710. The summed E-state index contributed by atoms with van der Waals surface area (Å²) in [4.78, 5) is 12.2. The monoisotopic (exact) mass is 381 g/mol. The van der Waals surface area contributed by atoms with Crippen LogP contribution in [0.4, 0.5) is 0 Å². The van der Waals surface area contributed by atoms with Crippen LogP contribution in [0.2, 0.25) is 0 Å². The summed E-state index contributed by atoms with van der Waals surface area (Å²) in [7, 11) is 1.94. The lowest BCUT2D eigenvalue weighted by Crippen LogP contribution is -2.30. The first-order valence-electron chi connectivity index (χ1n) is 9.96. The molecule has 2 aromatic heterocycles. The minimum absolute atomic E-state index is 0.0105. The molecule has 6 heteroatoms. The summed E-state index contributed by atoms with van der Waals surface area (Å²) in [6.45, 7) is 4.63. The number of rotatable bonds is 6. The smallest absolute Gasteiger partial charge is 0.257 e. The van der Waals surface area contributed by atoms with Crippen LogP contribution in [0.15, 0.2) is 22.6 Å². The third-order valence-electron chi connectivity index (χ3n) is 5.65. The van der Waals surface area contributed by atoms with Crippen molar-refractivity contribution < 1.29 is 13.9 Å². The average Bonchev–Trinajstić information content (AvgIpc) is 3.17. The van der Waals surface area contributed by atoms with E-state index in [1.54, 1.807) is 0 Å². The van der Waals surface area contributed by atoms with Crippen LogP contribution in [0.25, 0.3) is 11.0 Å². The molecule has 0 saturated heterocycles. The van der Waals surface area contributed by atoms with Gasteiger partial charge in [-0.1, -0.05) is 0 Å². The van der Waals surface area contributed by atoms with Gasteiger partial charge in [-0.2, -0.15) is 5.10 Å². The molecule has 6 nitrogen and oxygen atoms in total. The molecule has 4 rings (SSSR count). The summed E-state index contributed by atoms with van der Waals surface area (Å²) in [5, 5.41) is 8.46. The van der Waals surface area contributed by atoms with Crippen molar-refractivity contribution in [1.29, 1.82) is 0 Å². The lowest BCUT2D eigenvalue weighted by atomic mass is 9.96. The second-order valence-corrected chi connectivity index (χ2v) is 7.53. The van der Waals surface area contributed by atoms with Gasteiger partial charge in [0.2, 0.25) is 0 Å². The number of carbonyl (C=O) groups is 1. The van der Waals surface area contributed by atoms with Crippen molar-refractivity contribution in [3.63, 3.8) is 0 Å². The van der Waals surface area contributed by atoms with Crippen molar-refractivity contribution in [2.75, 3.05) is 13.2 Å². The summed E-state index contributed by atoms with van der Waals surface area (Å²) >= 11 is 0. The zero-order valence-corrected chi connectivity index (χ0v) is 16.8. The van der Waals surface area contributed by atoms with E-state index in [1.165, 1.54) is 24.0 Å². The van der Waals surface area contributed by atoms with Gasteiger partial charge >= 0.3 is 0 Å². The molecule has 0 unspecified atom stereocenters. The number of carbonyl (C=O) groups excluding carboxylic acids is 1. The van der Waals surface area contributed by atoms with Gasteiger partial charge in [-0.3, -0.25) is 9.48 Å². The van der Waals surface area contributed by atoms with E-state index >= 15 is 0 Å². The fraction of sp³-hybridized carbons (Fsp3) is 0.455. The number of ether oxygens (including phenoxy) is 1. The number of fused-ring (bicyclic) bond motifs is 3. The lowest BCUT2D eigenvalue weighted by Gasteiger charge is -2.09. The molecule has 1 amide bonds. The minimum Gasteiger partial charge on any atom is -0.484 e. The molecule has 2 heterocycles. The van der Waals surface area contributed by atoms with Crippen LogP contribution < -0.4 is 10.1 Å².